The number of hydrogen-bond donors (Lipinski definition) is 1. The first-order chi connectivity index (χ1) is 13.2. The van der Waals surface area contributed by atoms with Gasteiger partial charge < -0.3 is 14.5 Å². The molecule has 1 unspecified atom stereocenters. The van der Waals surface area contributed by atoms with E-state index in [1.807, 2.05) is 26.8 Å². The average molecular weight is 450 g/mol. The second kappa shape index (κ2) is 8.27. The summed E-state index contributed by atoms with van der Waals surface area (Å²) in [5.41, 5.74) is 2.77. The molecule has 3 rings (SSSR count). The van der Waals surface area contributed by atoms with Crippen molar-refractivity contribution in [2.45, 2.75) is 69.2 Å². The normalized spacial score (nSPS) is 16.8. The molecule has 1 aromatic heterocycles. The fourth-order valence-corrected chi connectivity index (χ4v) is 4.44. The number of alkyl halides is 1. The number of carbonyl (C=O) groups is 2. The predicted molar refractivity (Wildman–Crippen MR) is 113 cm³/mol. The molecule has 5 nitrogen and oxygen atoms in total. The Morgan fingerprint density at radius 1 is 1.18 bits per heavy atom. The zero-order valence-electron chi connectivity index (χ0n) is 16.9. The van der Waals surface area contributed by atoms with Crippen LogP contribution in [0.2, 0.25) is 0 Å². The molecule has 1 heterocycles. The van der Waals surface area contributed by atoms with Crippen molar-refractivity contribution >= 4 is 38.8 Å². The highest BCUT2D eigenvalue weighted by Gasteiger charge is 2.32. The number of carbonyl (C=O) groups excluding carboxylic acids is 2. The molecular formula is C22H28BrNO4. The van der Waals surface area contributed by atoms with E-state index in [1.165, 1.54) is 31.9 Å². The van der Waals surface area contributed by atoms with E-state index in [9.17, 15) is 9.59 Å². The SMILES string of the molecule is COC(=O)c1ccc2c(C3CCCCC3)c(C(Br)C(=O)OC(C)(C)C)[nH]c2c1. The largest absolute Gasteiger partial charge is 0.465 e. The molecular weight excluding hydrogens is 422 g/mol. The Kier molecular flexibility index (Phi) is 6.18. The third kappa shape index (κ3) is 4.43. The van der Waals surface area contributed by atoms with Crippen molar-refractivity contribution < 1.29 is 19.1 Å². The van der Waals surface area contributed by atoms with Crippen LogP contribution in [0.5, 0.6) is 0 Å². The number of aromatic amines is 1. The maximum atomic E-state index is 12.7. The van der Waals surface area contributed by atoms with Crippen molar-refractivity contribution in [1.82, 2.24) is 4.98 Å². The van der Waals surface area contributed by atoms with Crippen LogP contribution in [-0.4, -0.2) is 29.6 Å². The minimum Gasteiger partial charge on any atom is -0.465 e. The number of ether oxygens (including phenoxy) is 2. The van der Waals surface area contributed by atoms with Gasteiger partial charge in [-0.1, -0.05) is 41.3 Å². The first-order valence-electron chi connectivity index (χ1n) is 9.82. The molecule has 1 saturated carbocycles. The van der Waals surface area contributed by atoms with Crippen molar-refractivity contribution in [1.29, 1.82) is 0 Å². The lowest BCUT2D eigenvalue weighted by Crippen LogP contribution is -2.26. The van der Waals surface area contributed by atoms with Crippen molar-refractivity contribution in [3.05, 3.63) is 35.0 Å². The third-order valence-corrected chi connectivity index (χ3v) is 6.00. The average Bonchev–Trinajstić information content (AvgIpc) is 3.04. The number of H-pyrrole nitrogens is 1. The predicted octanol–water partition coefficient (Wildman–Crippen LogP) is 5.78. The lowest BCUT2D eigenvalue weighted by molar-refractivity contribution is -0.154. The maximum absolute atomic E-state index is 12.7. The van der Waals surface area contributed by atoms with Gasteiger partial charge in [0.05, 0.1) is 12.7 Å². The second-order valence-corrected chi connectivity index (χ2v) is 9.35. The highest BCUT2D eigenvalue weighted by molar-refractivity contribution is 9.09. The van der Waals surface area contributed by atoms with Gasteiger partial charge in [-0.2, -0.15) is 0 Å². The number of fused-ring (bicyclic) bond motifs is 1. The molecule has 152 valence electrons. The van der Waals surface area contributed by atoms with E-state index in [0.29, 0.717) is 11.5 Å². The van der Waals surface area contributed by atoms with Gasteiger partial charge in [0.15, 0.2) is 4.83 Å². The fraction of sp³-hybridized carbons (Fsp3) is 0.545. The Bertz CT molecular complexity index is 875. The first kappa shape index (κ1) is 20.9. The molecule has 1 aliphatic rings. The summed E-state index contributed by atoms with van der Waals surface area (Å²) in [6.07, 6.45) is 5.84. The van der Waals surface area contributed by atoms with E-state index >= 15 is 0 Å². The van der Waals surface area contributed by atoms with Gasteiger partial charge in [0, 0.05) is 16.6 Å². The van der Waals surface area contributed by atoms with E-state index in [-0.39, 0.29) is 11.9 Å². The molecule has 6 heteroatoms. The zero-order chi connectivity index (χ0) is 20.5. The van der Waals surface area contributed by atoms with E-state index in [0.717, 1.165) is 29.4 Å². The smallest absolute Gasteiger partial charge is 0.337 e. The van der Waals surface area contributed by atoms with Crippen LogP contribution in [0.3, 0.4) is 0 Å². The molecule has 1 aromatic carbocycles. The highest BCUT2D eigenvalue weighted by Crippen LogP contribution is 2.43. The van der Waals surface area contributed by atoms with Crippen LogP contribution in [-0.2, 0) is 14.3 Å². The Labute approximate surface area is 174 Å². The fourth-order valence-electron chi connectivity index (χ4n) is 3.99. The number of rotatable bonds is 4. The van der Waals surface area contributed by atoms with Gasteiger partial charge in [-0.15, -0.1) is 0 Å². The van der Waals surface area contributed by atoms with Gasteiger partial charge in [-0.25, -0.2) is 4.79 Å². The molecule has 0 amide bonds. The minimum absolute atomic E-state index is 0.315. The van der Waals surface area contributed by atoms with Crippen molar-refractivity contribution in [2.75, 3.05) is 7.11 Å². The van der Waals surface area contributed by atoms with Crippen molar-refractivity contribution in [3.8, 4) is 0 Å². The summed E-state index contributed by atoms with van der Waals surface area (Å²) in [6.45, 7) is 5.58. The lowest BCUT2D eigenvalue weighted by Gasteiger charge is -2.25. The van der Waals surface area contributed by atoms with Crippen LogP contribution in [0.25, 0.3) is 10.9 Å². The van der Waals surface area contributed by atoms with Crippen molar-refractivity contribution in [3.63, 3.8) is 0 Å². The van der Waals surface area contributed by atoms with Gasteiger partial charge in [0.2, 0.25) is 0 Å². The van der Waals surface area contributed by atoms with Crippen LogP contribution >= 0.6 is 15.9 Å². The number of esters is 2. The zero-order valence-corrected chi connectivity index (χ0v) is 18.5. The van der Waals surface area contributed by atoms with Gasteiger partial charge >= 0.3 is 11.9 Å². The Morgan fingerprint density at radius 2 is 1.86 bits per heavy atom. The van der Waals surface area contributed by atoms with Crippen LogP contribution in [0.1, 0.15) is 85.2 Å². The Morgan fingerprint density at radius 3 is 2.46 bits per heavy atom. The molecule has 0 bridgehead atoms. The summed E-state index contributed by atoms with van der Waals surface area (Å²) < 4.78 is 10.4. The molecule has 0 aliphatic heterocycles. The molecule has 1 atom stereocenters. The van der Waals surface area contributed by atoms with Crippen LogP contribution in [0.15, 0.2) is 18.2 Å². The molecule has 2 aromatic rings. The Hall–Kier alpha value is -1.82. The molecule has 0 spiro atoms. The Balaban J connectivity index is 2.08. The van der Waals surface area contributed by atoms with E-state index in [2.05, 4.69) is 20.9 Å². The number of benzene rings is 1. The molecule has 0 saturated heterocycles. The van der Waals surface area contributed by atoms with Gasteiger partial charge in [-0.05, 0) is 57.2 Å². The van der Waals surface area contributed by atoms with Crippen molar-refractivity contribution in [2.24, 2.45) is 0 Å². The number of aromatic nitrogens is 1. The quantitative estimate of drug-likeness (QED) is 0.474. The number of hydrogen-bond acceptors (Lipinski definition) is 4. The maximum Gasteiger partial charge on any atom is 0.337 e. The first-order valence-corrected chi connectivity index (χ1v) is 10.7. The van der Waals surface area contributed by atoms with E-state index < -0.39 is 10.4 Å². The summed E-state index contributed by atoms with van der Waals surface area (Å²) in [6, 6.07) is 5.54. The van der Waals surface area contributed by atoms with E-state index in [4.69, 9.17) is 9.47 Å². The molecule has 1 fully saturated rings. The van der Waals surface area contributed by atoms with Crippen LogP contribution < -0.4 is 0 Å². The van der Waals surface area contributed by atoms with E-state index in [1.54, 1.807) is 12.1 Å². The van der Waals surface area contributed by atoms with Crippen LogP contribution in [0.4, 0.5) is 0 Å². The highest BCUT2D eigenvalue weighted by atomic mass is 79.9. The number of halogens is 1. The van der Waals surface area contributed by atoms with Gasteiger partial charge in [-0.3, -0.25) is 4.79 Å². The van der Waals surface area contributed by atoms with Crippen LogP contribution in [0, 0.1) is 0 Å². The van der Waals surface area contributed by atoms with Gasteiger partial charge in [0.1, 0.15) is 5.60 Å². The molecule has 1 N–H and O–H groups in total. The third-order valence-electron chi connectivity index (χ3n) is 5.17. The number of nitrogens with one attached hydrogen (secondary N) is 1. The molecule has 28 heavy (non-hydrogen) atoms. The summed E-state index contributed by atoms with van der Waals surface area (Å²) >= 11 is 3.56. The summed E-state index contributed by atoms with van der Waals surface area (Å²) in [7, 11) is 1.37. The summed E-state index contributed by atoms with van der Waals surface area (Å²) in [5, 5.41) is 1.06. The molecule has 0 radical (unpaired) electrons. The second-order valence-electron chi connectivity index (χ2n) is 8.44. The summed E-state index contributed by atoms with van der Waals surface area (Å²) in [5.74, 6) is -0.298. The van der Waals surface area contributed by atoms with Gasteiger partial charge in [0.25, 0.3) is 0 Å². The number of methoxy groups -OCH3 is 1. The summed E-state index contributed by atoms with van der Waals surface area (Å²) in [4.78, 5) is 27.5. The standard InChI is InChI=1S/C22H28BrNO4/c1-22(2,3)28-21(26)18(23)19-17(13-8-6-5-7-9-13)15-11-10-14(20(25)27-4)12-16(15)24-19/h10-13,18,24H,5-9H2,1-4H3. The topological polar surface area (TPSA) is 68.4 Å². The monoisotopic (exact) mass is 449 g/mol. The minimum atomic E-state index is -0.586. The lowest BCUT2D eigenvalue weighted by atomic mass is 9.82. The molecule has 1 aliphatic carbocycles.